The number of halogens is 1. The summed E-state index contributed by atoms with van der Waals surface area (Å²) in [5.41, 5.74) is 8.79. The Bertz CT molecular complexity index is 569. The Hall–Kier alpha value is -0.870. The highest BCUT2D eigenvalue weighted by Gasteiger charge is 2.37. The summed E-state index contributed by atoms with van der Waals surface area (Å²) in [6.07, 6.45) is 4.53. The van der Waals surface area contributed by atoms with Gasteiger partial charge in [-0.2, -0.15) is 5.10 Å². The standard InChI is InChI=1S/C13H16BrN3/c1-17-11-8-9(4-5-13(15)6-7-13)2-3-10(11)12(14)16-17/h2-3,8H,4-7,15H2,1H3. The number of aromatic nitrogens is 2. The first-order chi connectivity index (χ1) is 8.07. The van der Waals surface area contributed by atoms with Crippen molar-refractivity contribution >= 4 is 26.8 Å². The van der Waals surface area contributed by atoms with Crippen LogP contribution in [0.1, 0.15) is 24.8 Å². The van der Waals surface area contributed by atoms with Crippen LogP contribution < -0.4 is 5.73 Å². The van der Waals surface area contributed by atoms with E-state index in [2.05, 4.69) is 39.2 Å². The average molecular weight is 294 g/mol. The summed E-state index contributed by atoms with van der Waals surface area (Å²) in [6.45, 7) is 0. The molecule has 2 aromatic rings. The van der Waals surface area contributed by atoms with Gasteiger partial charge in [0, 0.05) is 18.0 Å². The summed E-state index contributed by atoms with van der Waals surface area (Å²) >= 11 is 3.47. The lowest BCUT2D eigenvalue weighted by Gasteiger charge is -2.08. The third-order valence-electron chi connectivity index (χ3n) is 3.67. The molecule has 0 amide bonds. The maximum absolute atomic E-state index is 6.12. The molecule has 2 N–H and O–H groups in total. The normalized spacial score (nSPS) is 17.6. The van der Waals surface area contributed by atoms with Gasteiger partial charge in [0.25, 0.3) is 0 Å². The maximum atomic E-state index is 6.12. The Morgan fingerprint density at radius 3 is 2.94 bits per heavy atom. The minimum absolute atomic E-state index is 0.141. The highest BCUT2D eigenvalue weighted by molar-refractivity contribution is 9.10. The summed E-state index contributed by atoms with van der Waals surface area (Å²) in [5.74, 6) is 0. The van der Waals surface area contributed by atoms with Crippen LogP contribution in [0.2, 0.25) is 0 Å². The van der Waals surface area contributed by atoms with Gasteiger partial charge in [-0.1, -0.05) is 6.07 Å². The number of benzene rings is 1. The zero-order valence-corrected chi connectivity index (χ0v) is 11.5. The van der Waals surface area contributed by atoms with Crippen molar-refractivity contribution in [1.82, 2.24) is 9.78 Å². The first-order valence-electron chi connectivity index (χ1n) is 5.97. The van der Waals surface area contributed by atoms with E-state index in [1.165, 1.54) is 29.3 Å². The fourth-order valence-electron chi connectivity index (χ4n) is 2.22. The first kappa shape index (κ1) is 11.2. The molecule has 1 saturated carbocycles. The Kier molecular flexibility index (Phi) is 2.52. The van der Waals surface area contributed by atoms with Crippen molar-refractivity contribution in [3.8, 4) is 0 Å². The topological polar surface area (TPSA) is 43.8 Å². The lowest BCUT2D eigenvalue weighted by molar-refractivity contribution is 0.609. The largest absolute Gasteiger partial charge is 0.325 e. The zero-order chi connectivity index (χ0) is 12.0. The van der Waals surface area contributed by atoms with Gasteiger partial charge in [-0.15, -0.1) is 0 Å². The second-order valence-electron chi connectivity index (χ2n) is 5.13. The number of hydrogen-bond donors (Lipinski definition) is 1. The monoisotopic (exact) mass is 293 g/mol. The van der Waals surface area contributed by atoms with Crippen LogP contribution in [0.25, 0.3) is 10.9 Å². The average Bonchev–Trinajstić information content (AvgIpc) is 2.98. The van der Waals surface area contributed by atoms with Crippen LogP contribution >= 0.6 is 15.9 Å². The maximum Gasteiger partial charge on any atom is 0.135 e. The molecule has 0 saturated heterocycles. The minimum Gasteiger partial charge on any atom is -0.325 e. The molecule has 1 aromatic heterocycles. The summed E-state index contributed by atoms with van der Waals surface area (Å²) in [4.78, 5) is 0. The van der Waals surface area contributed by atoms with Crippen molar-refractivity contribution in [2.75, 3.05) is 0 Å². The van der Waals surface area contributed by atoms with Crippen LogP contribution in [-0.2, 0) is 13.5 Å². The third kappa shape index (κ3) is 2.11. The molecule has 1 fully saturated rings. The van der Waals surface area contributed by atoms with E-state index in [0.29, 0.717) is 0 Å². The van der Waals surface area contributed by atoms with Crippen molar-refractivity contribution in [2.45, 2.75) is 31.2 Å². The van der Waals surface area contributed by atoms with E-state index < -0.39 is 0 Å². The van der Waals surface area contributed by atoms with Gasteiger partial charge in [-0.05, 0) is 59.3 Å². The van der Waals surface area contributed by atoms with E-state index in [-0.39, 0.29) is 5.54 Å². The Morgan fingerprint density at radius 2 is 2.24 bits per heavy atom. The fraction of sp³-hybridized carbons (Fsp3) is 0.462. The molecule has 3 nitrogen and oxygen atoms in total. The molecule has 17 heavy (non-hydrogen) atoms. The molecule has 0 spiro atoms. The van der Waals surface area contributed by atoms with Gasteiger partial charge in [0.15, 0.2) is 0 Å². The predicted molar refractivity (Wildman–Crippen MR) is 72.9 cm³/mol. The molecular weight excluding hydrogens is 278 g/mol. The molecule has 1 aromatic carbocycles. The molecule has 4 heteroatoms. The molecule has 0 bridgehead atoms. The lowest BCUT2D eigenvalue weighted by Crippen LogP contribution is -2.22. The first-order valence-corrected chi connectivity index (χ1v) is 6.77. The smallest absolute Gasteiger partial charge is 0.135 e. The van der Waals surface area contributed by atoms with Crippen LogP contribution in [0.3, 0.4) is 0 Å². The molecular formula is C13H16BrN3. The molecule has 1 aliphatic carbocycles. The number of fused-ring (bicyclic) bond motifs is 1. The number of hydrogen-bond acceptors (Lipinski definition) is 2. The molecule has 0 radical (unpaired) electrons. The minimum atomic E-state index is 0.141. The van der Waals surface area contributed by atoms with Gasteiger partial charge in [0.05, 0.1) is 5.52 Å². The number of rotatable bonds is 3. The Morgan fingerprint density at radius 1 is 1.47 bits per heavy atom. The summed E-state index contributed by atoms with van der Waals surface area (Å²) < 4.78 is 2.83. The van der Waals surface area contributed by atoms with Crippen molar-refractivity contribution in [3.63, 3.8) is 0 Å². The highest BCUT2D eigenvalue weighted by Crippen LogP contribution is 2.36. The van der Waals surface area contributed by atoms with Crippen molar-refractivity contribution < 1.29 is 0 Å². The van der Waals surface area contributed by atoms with E-state index in [1.807, 2.05) is 11.7 Å². The van der Waals surface area contributed by atoms with E-state index in [9.17, 15) is 0 Å². The molecule has 1 heterocycles. The van der Waals surface area contributed by atoms with Gasteiger partial charge in [0.1, 0.15) is 4.60 Å². The quantitative estimate of drug-likeness (QED) is 0.946. The van der Waals surface area contributed by atoms with Crippen molar-refractivity contribution in [3.05, 3.63) is 28.4 Å². The summed E-state index contributed by atoms with van der Waals surface area (Å²) in [5, 5.41) is 5.53. The lowest BCUT2D eigenvalue weighted by atomic mass is 10.0. The van der Waals surface area contributed by atoms with Crippen molar-refractivity contribution in [1.29, 1.82) is 0 Å². The Balaban J connectivity index is 1.88. The fourth-order valence-corrected chi connectivity index (χ4v) is 2.79. The van der Waals surface area contributed by atoms with Gasteiger partial charge >= 0.3 is 0 Å². The van der Waals surface area contributed by atoms with Crippen LogP contribution in [0.4, 0.5) is 0 Å². The number of aryl methyl sites for hydroxylation is 2. The molecule has 0 aliphatic heterocycles. The van der Waals surface area contributed by atoms with Gasteiger partial charge in [-0.25, -0.2) is 0 Å². The molecule has 0 atom stereocenters. The van der Waals surface area contributed by atoms with Gasteiger partial charge in [0.2, 0.25) is 0 Å². The van der Waals surface area contributed by atoms with Gasteiger partial charge < -0.3 is 5.73 Å². The van der Waals surface area contributed by atoms with Crippen LogP contribution in [0.15, 0.2) is 22.8 Å². The SMILES string of the molecule is Cn1nc(Br)c2ccc(CCC3(N)CC3)cc21. The second-order valence-corrected chi connectivity index (χ2v) is 5.88. The summed E-state index contributed by atoms with van der Waals surface area (Å²) in [7, 11) is 1.97. The molecule has 3 rings (SSSR count). The van der Waals surface area contributed by atoms with E-state index in [1.54, 1.807) is 0 Å². The number of nitrogens with two attached hydrogens (primary N) is 1. The third-order valence-corrected chi connectivity index (χ3v) is 4.26. The van der Waals surface area contributed by atoms with E-state index in [0.717, 1.165) is 17.4 Å². The number of nitrogens with zero attached hydrogens (tertiary/aromatic N) is 2. The van der Waals surface area contributed by atoms with Crippen LogP contribution in [0, 0.1) is 0 Å². The molecule has 0 unspecified atom stereocenters. The molecule has 1 aliphatic rings. The van der Waals surface area contributed by atoms with E-state index >= 15 is 0 Å². The van der Waals surface area contributed by atoms with Crippen LogP contribution in [-0.4, -0.2) is 15.3 Å². The van der Waals surface area contributed by atoms with E-state index in [4.69, 9.17) is 5.73 Å². The highest BCUT2D eigenvalue weighted by atomic mass is 79.9. The predicted octanol–water partition coefficient (Wildman–Crippen LogP) is 2.76. The zero-order valence-electron chi connectivity index (χ0n) is 9.91. The van der Waals surface area contributed by atoms with Gasteiger partial charge in [-0.3, -0.25) is 4.68 Å². The summed E-state index contributed by atoms with van der Waals surface area (Å²) in [6, 6.07) is 6.54. The van der Waals surface area contributed by atoms with Crippen molar-refractivity contribution in [2.24, 2.45) is 12.8 Å². The van der Waals surface area contributed by atoms with Crippen LogP contribution in [0.5, 0.6) is 0 Å². The second kappa shape index (κ2) is 3.82. The Labute approximate surface area is 109 Å². The molecule has 90 valence electrons.